The van der Waals surface area contributed by atoms with Gasteiger partial charge in [-0.25, -0.2) is 9.97 Å². The molecule has 0 fully saturated rings. The first-order valence-electron chi connectivity index (χ1n) is 16.0. The van der Waals surface area contributed by atoms with Gasteiger partial charge in [-0.3, -0.25) is 0 Å². The predicted octanol–water partition coefficient (Wildman–Crippen LogP) is 11.0. The van der Waals surface area contributed by atoms with E-state index in [4.69, 9.17) is 14.4 Å². The molecular weight excluding hydrogens is 560 g/mol. The van der Waals surface area contributed by atoms with Crippen molar-refractivity contribution in [3.05, 3.63) is 143 Å². The Hall–Kier alpha value is -5.54. The highest BCUT2D eigenvalue weighted by Crippen LogP contribution is 2.50. The molecule has 218 valence electrons. The van der Waals surface area contributed by atoms with Crippen LogP contribution in [-0.4, -0.2) is 9.97 Å². The molecule has 10 rings (SSSR count). The Morgan fingerprint density at radius 2 is 1.30 bits per heavy atom. The second-order valence-electron chi connectivity index (χ2n) is 13.4. The molecule has 0 atom stereocenters. The van der Waals surface area contributed by atoms with Gasteiger partial charge in [-0.05, 0) is 99.0 Å². The fraction of sp³-hybridized carbons (Fsp3) is 0.116. The molecule has 0 unspecified atom stereocenters. The first-order valence-corrected chi connectivity index (χ1v) is 16.0. The molecule has 0 N–H and O–H groups in total. The van der Waals surface area contributed by atoms with E-state index in [1.165, 1.54) is 55.6 Å². The van der Waals surface area contributed by atoms with Gasteiger partial charge < -0.3 is 4.42 Å². The number of benzene rings is 6. The first kappa shape index (κ1) is 25.8. The number of furan rings is 1. The van der Waals surface area contributed by atoms with E-state index in [9.17, 15) is 0 Å². The van der Waals surface area contributed by atoms with Gasteiger partial charge in [-0.1, -0.05) is 92.7 Å². The quantitative estimate of drug-likeness (QED) is 0.191. The Kier molecular flexibility index (Phi) is 5.05. The lowest BCUT2D eigenvalue weighted by Crippen LogP contribution is -2.14. The number of aromatic nitrogens is 2. The molecule has 0 saturated carbocycles. The molecule has 0 radical (unpaired) electrons. The molecule has 46 heavy (non-hydrogen) atoms. The van der Waals surface area contributed by atoms with Crippen molar-refractivity contribution in [3.63, 3.8) is 0 Å². The van der Waals surface area contributed by atoms with Gasteiger partial charge in [-0.2, -0.15) is 0 Å². The molecule has 2 aliphatic carbocycles. The number of para-hydroxylation sites is 3. The van der Waals surface area contributed by atoms with Crippen molar-refractivity contribution in [1.29, 1.82) is 0 Å². The highest BCUT2D eigenvalue weighted by atomic mass is 16.3. The maximum Gasteiger partial charge on any atom is 0.145 e. The average Bonchev–Trinajstić information content (AvgIpc) is 3.56. The summed E-state index contributed by atoms with van der Waals surface area (Å²) in [7, 11) is 0. The molecule has 2 aliphatic rings. The molecule has 2 bridgehead atoms. The fourth-order valence-corrected chi connectivity index (χ4v) is 8.12. The maximum atomic E-state index is 6.61. The molecule has 3 nitrogen and oxygen atoms in total. The maximum absolute atomic E-state index is 6.61. The summed E-state index contributed by atoms with van der Waals surface area (Å²) < 4.78 is 6.61. The molecule has 6 aromatic carbocycles. The van der Waals surface area contributed by atoms with E-state index in [-0.39, 0.29) is 5.41 Å². The van der Waals surface area contributed by atoms with Crippen LogP contribution >= 0.6 is 0 Å². The minimum atomic E-state index is -0.00856. The molecule has 0 aliphatic heterocycles. The van der Waals surface area contributed by atoms with Crippen molar-refractivity contribution in [2.45, 2.75) is 32.6 Å². The van der Waals surface area contributed by atoms with E-state index in [1.54, 1.807) is 0 Å². The van der Waals surface area contributed by atoms with Gasteiger partial charge in [0.15, 0.2) is 0 Å². The fourth-order valence-electron chi connectivity index (χ4n) is 8.12. The van der Waals surface area contributed by atoms with Crippen molar-refractivity contribution < 1.29 is 4.42 Å². The van der Waals surface area contributed by atoms with Crippen LogP contribution in [0, 0.1) is 6.92 Å². The van der Waals surface area contributed by atoms with Gasteiger partial charge in [0.2, 0.25) is 0 Å². The molecule has 0 spiro atoms. The smallest absolute Gasteiger partial charge is 0.145 e. The topological polar surface area (TPSA) is 38.9 Å². The second kappa shape index (κ2) is 9.02. The zero-order valence-corrected chi connectivity index (χ0v) is 26.0. The van der Waals surface area contributed by atoms with Crippen LogP contribution in [0.4, 0.5) is 0 Å². The second-order valence-corrected chi connectivity index (χ2v) is 13.4. The summed E-state index contributed by atoms with van der Waals surface area (Å²) in [4.78, 5) is 10.5. The Bertz CT molecular complexity index is 2600. The van der Waals surface area contributed by atoms with Gasteiger partial charge in [0.1, 0.15) is 11.2 Å². The van der Waals surface area contributed by atoms with Crippen molar-refractivity contribution in [2.24, 2.45) is 0 Å². The first-order chi connectivity index (χ1) is 22.5. The zero-order chi connectivity index (χ0) is 30.7. The highest BCUT2D eigenvalue weighted by Gasteiger charge is 2.35. The van der Waals surface area contributed by atoms with Gasteiger partial charge >= 0.3 is 0 Å². The average molecular weight is 591 g/mol. The van der Waals surface area contributed by atoms with E-state index in [2.05, 4.69) is 112 Å². The summed E-state index contributed by atoms with van der Waals surface area (Å²) in [5.41, 5.74) is 19.3. The Morgan fingerprint density at radius 3 is 2.17 bits per heavy atom. The van der Waals surface area contributed by atoms with Gasteiger partial charge in [0.25, 0.3) is 0 Å². The normalized spacial score (nSPS) is 14.1. The third-order valence-electron chi connectivity index (χ3n) is 10.5. The van der Waals surface area contributed by atoms with Crippen LogP contribution < -0.4 is 0 Å². The number of hydrogen-bond acceptors (Lipinski definition) is 3. The number of nitrogens with zero attached hydrogens (tertiary/aromatic N) is 2. The van der Waals surface area contributed by atoms with Crippen LogP contribution in [0.25, 0.3) is 77.6 Å². The van der Waals surface area contributed by atoms with Crippen LogP contribution in [0.5, 0.6) is 0 Å². The molecule has 8 aromatic rings. The Morgan fingerprint density at radius 1 is 0.609 bits per heavy atom. The van der Waals surface area contributed by atoms with E-state index in [0.717, 1.165) is 49.9 Å². The van der Waals surface area contributed by atoms with Crippen molar-refractivity contribution in [2.75, 3.05) is 0 Å². The summed E-state index contributed by atoms with van der Waals surface area (Å²) in [6.45, 7) is 6.89. The third kappa shape index (κ3) is 3.43. The lowest BCUT2D eigenvalue weighted by molar-refractivity contribution is 0.660. The molecule has 2 aromatic heterocycles. The lowest BCUT2D eigenvalue weighted by Gasteiger charge is -2.22. The van der Waals surface area contributed by atoms with E-state index >= 15 is 0 Å². The van der Waals surface area contributed by atoms with E-state index < -0.39 is 0 Å². The molecule has 0 amide bonds. The van der Waals surface area contributed by atoms with Crippen molar-refractivity contribution >= 4 is 33.0 Å². The molecule has 3 heteroatoms. The largest absolute Gasteiger partial charge is 0.455 e. The third-order valence-corrected chi connectivity index (χ3v) is 10.5. The summed E-state index contributed by atoms with van der Waals surface area (Å²) in [5, 5.41) is 2.23. The van der Waals surface area contributed by atoms with Gasteiger partial charge in [0.05, 0.1) is 22.4 Å². The van der Waals surface area contributed by atoms with Crippen LogP contribution in [0.2, 0.25) is 0 Å². The van der Waals surface area contributed by atoms with Crippen LogP contribution in [0.15, 0.2) is 120 Å². The standard InChI is InChI=1S/C43H30N2O/c1-24-30-23-33-29-11-5-9-15-39(29)46-42(33)40(24)41-38(44-36-13-7-8-14-37(36)45-41)22-27-17-16-25(20-31(27)30)26-18-19-35-32(21-26)28-10-4-6-12-34(28)43(35,2)3/h4-21,23H,22H2,1-3H3. The van der Waals surface area contributed by atoms with E-state index in [0.29, 0.717) is 6.42 Å². The lowest BCUT2D eigenvalue weighted by atomic mass is 9.82. The van der Waals surface area contributed by atoms with Crippen LogP contribution in [0.3, 0.4) is 0 Å². The Balaban J connectivity index is 1.25. The number of fused-ring (bicyclic) bond motifs is 14. The zero-order valence-electron chi connectivity index (χ0n) is 26.0. The number of rotatable bonds is 1. The van der Waals surface area contributed by atoms with E-state index in [1.807, 2.05) is 24.3 Å². The SMILES string of the molecule is Cc1c2cc3c(oc4ccccc43)c1-c1nc3ccccc3nc1Cc1ccc(-c3ccc4c(c3)-c3ccccc3C4(C)C)cc1-2. The van der Waals surface area contributed by atoms with Crippen molar-refractivity contribution in [3.8, 4) is 44.6 Å². The molecule has 2 heterocycles. The monoisotopic (exact) mass is 590 g/mol. The Labute approximate surface area is 267 Å². The molecule has 0 saturated heterocycles. The van der Waals surface area contributed by atoms with Crippen LogP contribution in [0.1, 0.15) is 41.8 Å². The summed E-state index contributed by atoms with van der Waals surface area (Å²) in [6.07, 6.45) is 0.693. The minimum absolute atomic E-state index is 0.00856. The van der Waals surface area contributed by atoms with Crippen molar-refractivity contribution in [1.82, 2.24) is 9.97 Å². The van der Waals surface area contributed by atoms with Crippen LogP contribution in [-0.2, 0) is 11.8 Å². The number of hydrogen-bond donors (Lipinski definition) is 0. The highest BCUT2D eigenvalue weighted by molar-refractivity contribution is 6.13. The predicted molar refractivity (Wildman–Crippen MR) is 188 cm³/mol. The summed E-state index contributed by atoms with van der Waals surface area (Å²) in [5.74, 6) is 0. The summed E-state index contributed by atoms with van der Waals surface area (Å²) >= 11 is 0. The van der Waals surface area contributed by atoms with Gasteiger partial charge in [0, 0.05) is 28.2 Å². The van der Waals surface area contributed by atoms with Gasteiger partial charge in [-0.15, -0.1) is 0 Å². The molecular formula is C43H30N2O. The minimum Gasteiger partial charge on any atom is -0.455 e. The summed E-state index contributed by atoms with van der Waals surface area (Å²) in [6, 6.07) is 41.7.